The molecule has 0 aromatic heterocycles. The van der Waals surface area contributed by atoms with Gasteiger partial charge in [0.1, 0.15) is 0 Å². The molecule has 0 unspecified atom stereocenters. The van der Waals surface area contributed by atoms with Crippen molar-refractivity contribution >= 4 is 23.9 Å². The summed E-state index contributed by atoms with van der Waals surface area (Å²) in [5, 5.41) is 41.5. The molecule has 0 saturated heterocycles. The van der Waals surface area contributed by atoms with Crippen LogP contribution in [0.1, 0.15) is 58.3 Å². The fourth-order valence-corrected chi connectivity index (χ4v) is 1.60. The van der Waals surface area contributed by atoms with Gasteiger partial charge in [-0.25, -0.2) is 4.79 Å². The normalized spacial score (nSPS) is 13.0. The Morgan fingerprint density at radius 2 is 1.00 bits per heavy atom. The highest BCUT2D eigenvalue weighted by Crippen LogP contribution is 2.16. The van der Waals surface area contributed by atoms with Crippen LogP contribution in [-0.4, -0.2) is 55.0 Å². The van der Waals surface area contributed by atoms with Crippen LogP contribution in [-0.2, 0) is 19.2 Å². The van der Waals surface area contributed by atoms with Crippen molar-refractivity contribution in [3.05, 3.63) is 0 Å². The molecule has 0 spiro atoms. The van der Waals surface area contributed by atoms with E-state index in [-0.39, 0.29) is 6.42 Å². The Balaban J connectivity index is 0. The SMILES string of the molecule is C1CCCC1.CCC(=O)O.O=C(O)CC(O)(CC(=O)O)C(=O)O. The van der Waals surface area contributed by atoms with Crippen LogP contribution in [0.2, 0.25) is 0 Å². The summed E-state index contributed by atoms with van der Waals surface area (Å²) in [6.07, 6.45) is 5.43. The summed E-state index contributed by atoms with van der Waals surface area (Å²) < 4.78 is 0. The standard InChI is InChI=1S/C6H8O7.C5H10.C3H6O2/c7-3(8)1-6(13,5(11)12)2-4(9)10;1-2-4-5-3-1;1-2-3(4)5/h13H,1-2H2,(H,7,8)(H,9,10)(H,11,12);1-5H2;2H2,1H3,(H,4,5). The highest BCUT2D eigenvalue weighted by Gasteiger charge is 2.40. The van der Waals surface area contributed by atoms with Gasteiger partial charge in [0.2, 0.25) is 0 Å². The molecule has 0 aliphatic heterocycles. The zero-order valence-corrected chi connectivity index (χ0v) is 13.0. The minimum Gasteiger partial charge on any atom is -0.481 e. The topological polar surface area (TPSA) is 169 Å². The van der Waals surface area contributed by atoms with E-state index >= 15 is 0 Å². The highest BCUT2D eigenvalue weighted by atomic mass is 16.4. The first-order chi connectivity index (χ1) is 10.5. The first-order valence-corrected chi connectivity index (χ1v) is 7.16. The lowest BCUT2D eigenvalue weighted by atomic mass is 9.96. The van der Waals surface area contributed by atoms with Crippen molar-refractivity contribution in [1.29, 1.82) is 0 Å². The molecule has 0 aromatic rings. The van der Waals surface area contributed by atoms with Crippen LogP contribution in [0.4, 0.5) is 0 Å². The Kier molecular flexibility index (Phi) is 12.5. The van der Waals surface area contributed by atoms with E-state index in [0.717, 1.165) is 0 Å². The van der Waals surface area contributed by atoms with Crippen LogP contribution < -0.4 is 0 Å². The molecule has 0 aromatic carbocycles. The molecule has 9 nitrogen and oxygen atoms in total. The second-order valence-corrected chi connectivity index (χ2v) is 4.99. The molecule has 9 heteroatoms. The Labute approximate surface area is 133 Å². The number of carboxylic acids is 4. The van der Waals surface area contributed by atoms with E-state index in [1.165, 1.54) is 32.1 Å². The lowest BCUT2D eigenvalue weighted by Gasteiger charge is -2.18. The molecule has 1 aliphatic carbocycles. The predicted octanol–water partition coefficient (Wildman–Crippen LogP) is 1.18. The second-order valence-electron chi connectivity index (χ2n) is 4.99. The van der Waals surface area contributed by atoms with Crippen molar-refractivity contribution in [1.82, 2.24) is 0 Å². The summed E-state index contributed by atoms with van der Waals surface area (Å²) in [7, 11) is 0. The van der Waals surface area contributed by atoms with Gasteiger partial charge in [-0.15, -0.1) is 0 Å². The van der Waals surface area contributed by atoms with E-state index in [1.807, 2.05) is 0 Å². The number of aliphatic hydroxyl groups is 1. The number of carbonyl (C=O) groups is 4. The minimum absolute atomic E-state index is 0.222. The number of rotatable bonds is 6. The zero-order valence-electron chi connectivity index (χ0n) is 13.0. The summed E-state index contributed by atoms with van der Waals surface area (Å²) in [6, 6.07) is 0. The number of carboxylic acid groups (broad SMARTS) is 4. The molecule has 0 heterocycles. The molecule has 134 valence electrons. The van der Waals surface area contributed by atoms with Crippen molar-refractivity contribution in [2.45, 2.75) is 63.9 Å². The van der Waals surface area contributed by atoms with Crippen LogP contribution in [0, 0.1) is 0 Å². The van der Waals surface area contributed by atoms with Crippen molar-refractivity contribution in [3.63, 3.8) is 0 Å². The van der Waals surface area contributed by atoms with Crippen LogP contribution in [0.25, 0.3) is 0 Å². The summed E-state index contributed by atoms with van der Waals surface area (Å²) in [5.74, 6) is -5.76. The average Bonchev–Trinajstić information content (AvgIpc) is 2.96. The Hall–Kier alpha value is -2.16. The molecule has 1 aliphatic rings. The predicted molar refractivity (Wildman–Crippen MR) is 78.1 cm³/mol. The smallest absolute Gasteiger partial charge is 0.336 e. The van der Waals surface area contributed by atoms with Crippen molar-refractivity contribution in [2.75, 3.05) is 0 Å². The van der Waals surface area contributed by atoms with E-state index in [0.29, 0.717) is 0 Å². The molecule has 0 atom stereocenters. The Morgan fingerprint density at radius 1 is 0.739 bits per heavy atom. The van der Waals surface area contributed by atoms with Gasteiger partial charge in [0.05, 0.1) is 12.8 Å². The average molecular weight is 336 g/mol. The molecule has 5 N–H and O–H groups in total. The molecule has 1 rings (SSSR count). The maximum absolute atomic E-state index is 10.3. The lowest BCUT2D eigenvalue weighted by Crippen LogP contribution is -2.42. The zero-order chi connectivity index (χ0) is 18.5. The van der Waals surface area contributed by atoms with E-state index in [9.17, 15) is 19.2 Å². The summed E-state index contributed by atoms with van der Waals surface area (Å²) in [6.45, 7) is 1.60. The van der Waals surface area contributed by atoms with Crippen LogP contribution >= 0.6 is 0 Å². The molecule has 1 saturated carbocycles. The minimum atomic E-state index is -2.74. The van der Waals surface area contributed by atoms with Crippen molar-refractivity contribution in [3.8, 4) is 0 Å². The summed E-state index contributed by atoms with van der Waals surface area (Å²) >= 11 is 0. The molecular weight excluding hydrogens is 312 g/mol. The van der Waals surface area contributed by atoms with E-state index in [4.69, 9.17) is 25.5 Å². The van der Waals surface area contributed by atoms with Crippen LogP contribution in [0.5, 0.6) is 0 Å². The monoisotopic (exact) mass is 336 g/mol. The van der Waals surface area contributed by atoms with E-state index in [1.54, 1.807) is 6.92 Å². The van der Waals surface area contributed by atoms with Crippen LogP contribution in [0.15, 0.2) is 0 Å². The van der Waals surface area contributed by atoms with Crippen molar-refractivity contribution in [2.24, 2.45) is 0 Å². The Bertz CT molecular complexity index is 375. The number of aliphatic carboxylic acids is 4. The van der Waals surface area contributed by atoms with Gasteiger partial charge in [0.15, 0.2) is 5.60 Å². The van der Waals surface area contributed by atoms with Gasteiger partial charge >= 0.3 is 23.9 Å². The number of hydrogen-bond donors (Lipinski definition) is 5. The largest absolute Gasteiger partial charge is 0.481 e. The van der Waals surface area contributed by atoms with Gasteiger partial charge in [0.25, 0.3) is 0 Å². The molecule has 23 heavy (non-hydrogen) atoms. The van der Waals surface area contributed by atoms with E-state index in [2.05, 4.69) is 0 Å². The first kappa shape index (κ1) is 23.1. The molecular formula is C14H24O9. The van der Waals surface area contributed by atoms with Gasteiger partial charge < -0.3 is 25.5 Å². The highest BCUT2D eigenvalue weighted by molar-refractivity contribution is 5.88. The number of hydrogen-bond acceptors (Lipinski definition) is 5. The lowest BCUT2D eigenvalue weighted by molar-refractivity contribution is -0.170. The molecule has 0 radical (unpaired) electrons. The maximum Gasteiger partial charge on any atom is 0.336 e. The van der Waals surface area contributed by atoms with Gasteiger partial charge in [-0.1, -0.05) is 39.0 Å². The molecule has 0 amide bonds. The first-order valence-electron chi connectivity index (χ1n) is 7.16. The summed E-state index contributed by atoms with van der Waals surface area (Å²) in [4.78, 5) is 39.9. The quantitative estimate of drug-likeness (QED) is 0.478. The van der Waals surface area contributed by atoms with Gasteiger partial charge in [-0.3, -0.25) is 14.4 Å². The van der Waals surface area contributed by atoms with Gasteiger partial charge in [-0.2, -0.15) is 0 Å². The fraction of sp³-hybridized carbons (Fsp3) is 0.714. The second kappa shape index (κ2) is 12.4. The van der Waals surface area contributed by atoms with Gasteiger partial charge in [0, 0.05) is 6.42 Å². The van der Waals surface area contributed by atoms with Crippen LogP contribution in [0.3, 0.4) is 0 Å². The fourth-order valence-electron chi connectivity index (χ4n) is 1.60. The van der Waals surface area contributed by atoms with E-state index < -0.39 is 42.3 Å². The third-order valence-electron chi connectivity index (χ3n) is 2.84. The summed E-state index contributed by atoms with van der Waals surface area (Å²) in [5.41, 5.74) is -2.74. The van der Waals surface area contributed by atoms with Gasteiger partial charge in [-0.05, 0) is 0 Å². The molecule has 1 fully saturated rings. The third kappa shape index (κ3) is 14.5. The Morgan fingerprint density at radius 3 is 1.13 bits per heavy atom. The van der Waals surface area contributed by atoms with Crippen molar-refractivity contribution < 1.29 is 44.7 Å². The maximum atomic E-state index is 10.3. The third-order valence-corrected chi connectivity index (χ3v) is 2.84. The molecule has 0 bridgehead atoms.